The van der Waals surface area contributed by atoms with Crippen LogP contribution in [0, 0.1) is 18.7 Å². The van der Waals surface area contributed by atoms with Crippen LogP contribution < -0.4 is 11.1 Å². The van der Waals surface area contributed by atoms with E-state index in [0.717, 1.165) is 43.4 Å². The summed E-state index contributed by atoms with van der Waals surface area (Å²) < 4.78 is 14.5. The average molecular weight is 482 g/mol. The number of hydrogen-bond acceptors (Lipinski definition) is 5. The zero-order valence-corrected chi connectivity index (χ0v) is 20.2. The minimum atomic E-state index is -0.631. The lowest BCUT2D eigenvalue weighted by Gasteiger charge is -2.41. The van der Waals surface area contributed by atoms with Crippen molar-refractivity contribution < 1.29 is 18.8 Å². The summed E-state index contributed by atoms with van der Waals surface area (Å²) in [6.45, 7) is 6.54. The maximum atomic E-state index is 14.5. The molecule has 1 aromatic carbocycles. The third-order valence-corrected chi connectivity index (χ3v) is 7.10. The molecule has 0 radical (unpaired) electrons. The number of amides is 3. The standard InChI is InChI=1S/C26H32FN5O3/c1-16-14-31(9-10-32(16)26(35)18-5-3-4-6-18)15-20-11-21(27)12-23(17(20)2)30-25(34)22-8-7-19(13-29-22)24(28)33/h7-8,11-13,16,18H,3-6,9-10,14-15H2,1-2H3,(H2,28,33)(H,30,34). The summed E-state index contributed by atoms with van der Waals surface area (Å²) in [6.07, 6.45) is 5.49. The summed E-state index contributed by atoms with van der Waals surface area (Å²) in [6, 6.07) is 5.70. The van der Waals surface area contributed by atoms with Crippen molar-refractivity contribution in [3.8, 4) is 0 Å². The molecule has 3 amide bonds. The van der Waals surface area contributed by atoms with Crippen molar-refractivity contribution in [3.63, 3.8) is 0 Å². The molecule has 2 heterocycles. The molecule has 1 aliphatic carbocycles. The Balaban J connectivity index is 1.42. The van der Waals surface area contributed by atoms with Gasteiger partial charge in [-0.2, -0.15) is 0 Å². The van der Waals surface area contributed by atoms with Crippen molar-refractivity contribution >= 4 is 23.4 Å². The number of carbonyl (C=O) groups is 3. The van der Waals surface area contributed by atoms with Crippen LogP contribution >= 0.6 is 0 Å². The number of primary amides is 1. The van der Waals surface area contributed by atoms with Gasteiger partial charge in [0.2, 0.25) is 11.8 Å². The molecule has 1 aromatic heterocycles. The second kappa shape index (κ2) is 10.5. The molecule has 0 spiro atoms. The molecule has 186 valence electrons. The van der Waals surface area contributed by atoms with Crippen LogP contribution in [0.5, 0.6) is 0 Å². The SMILES string of the molecule is Cc1c(CN2CCN(C(=O)C3CCCC3)C(C)C2)cc(F)cc1NC(=O)c1ccc(C(N)=O)cn1. The van der Waals surface area contributed by atoms with E-state index in [2.05, 4.69) is 22.1 Å². The molecule has 2 aliphatic rings. The smallest absolute Gasteiger partial charge is 0.274 e. The lowest BCUT2D eigenvalue weighted by molar-refractivity contribution is -0.140. The van der Waals surface area contributed by atoms with Crippen LogP contribution in [0.15, 0.2) is 30.5 Å². The second-order valence-electron chi connectivity index (χ2n) is 9.59. The number of nitrogens with two attached hydrogens (primary N) is 1. The molecule has 1 aliphatic heterocycles. The molecule has 3 N–H and O–H groups in total. The van der Waals surface area contributed by atoms with Gasteiger partial charge in [-0.25, -0.2) is 4.39 Å². The number of halogens is 1. The summed E-state index contributed by atoms with van der Waals surface area (Å²) in [5.74, 6) is -1.14. The topological polar surface area (TPSA) is 109 Å². The summed E-state index contributed by atoms with van der Waals surface area (Å²) in [5, 5.41) is 2.73. The Bertz CT molecular complexity index is 1110. The highest BCUT2D eigenvalue weighted by atomic mass is 19.1. The van der Waals surface area contributed by atoms with E-state index in [1.807, 2.05) is 11.8 Å². The molecule has 4 rings (SSSR count). The van der Waals surface area contributed by atoms with Crippen molar-refractivity contribution in [1.82, 2.24) is 14.8 Å². The number of nitrogens with zero attached hydrogens (tertiary/aromatic N) is 3. The predicted octanol–water partition coefficient (Wildman–Crippen LogP) is 3.10. The monoisotopic (exact) mass is 481 g/mol. The van der Waals surface area contributed by atoms with Gasteiger partial charge in [0.15, 0.2) is 0 Å². The fourth-order valence-electron chi connectivity index (χ4n) is 5.04. The van der Waals surface area contributed by atoms with E-state index < -0.39 is 17.6 Å². The third-order valence-electron chi connectivity index (χ3n) is 7.10. The van der Waals surface area contributed by atoms with E-state index in [-0.39, 0.29) is 29.1 Å². The molecule has 1 unspecified atom stereocenters. The minimum Gasteiger partial charge on any atom is -0.366 e. The Kier molecular flexibility index (Phi) is 7.45. The Morgan fingerprint density at radius 3 is 2.54 bits per heavy atom. The molecule has 35 heavy (non-hydrogen) atoms. The molecule has 0 bridgehead atoms. The normalized spacial score (nSPS) is 19.1. The fourth-order valence-corrected chi connectivity index (χ4v) is 5.04. The van der Waals surface area contributed by atoms with Gasteiger partial charge >= 0.3 is 0 Å². The molecule has 9 heteroatoms. The molecule has 1 atom stereocenters. The summed E-state index contributed by atoms with van der Waals surface area (Å²) >= 11 is 0. The fraction of sp³-hybridized carbons (Fsp3) is 0.462. The molecule has 8 nitrogen and oxygen atoms in total. The van der Waals surface area contributed by atoms with Gasteiger partial charge in [-0.15, -0.1) is 0 Å². The number of anilines is 1. The Hall–Kier alpha value is -3.33. The first kappa shape index (κ1) is 24.8. The van der Waals surface area contributed by atoms with Crippen LogP contribution in [0.1, 0.15) is 64.6 Å². The van der Waals surface area contributed by atoms with Crippen LogP contribution in [0.3, 0.4) is 0 Å². The highest BCUT2D eigenvalue weighted by molar-refractivity contribution is 6.03. The van der Waals surface area contributed by atoms with E-state index in [9.17, 15) is 18.8 Å². The lowest BCUT2D eigenvalue weighted by Crippen LogP contribution is -2.54. The largest absolute Gasteiger partial charge is 0.366 e. The molecule has 1 saturated carbocycles. The zero-order chi connectivity index (χ0) is 25.1. The number of piperazine rings is 1. The Labute approximate surface area is 204 Å². The van der Waals surface area contributed by atoms with Crippen molar-refractivity contribution in [2.45, 2.75) is 52.1 Å². The number of rotatable bonds is 6. The van der Waals surface area contributed by atoms with Crippen LogP contribution in [0.2, 0.25) is 0 Å². The van der Waals surface area contributed by atoms with E-state index in [1.165, 1.54) is 30.5 Å². The molecule has 2 aromatic rings. The van der Waals surface area contributed by atoms with Gasteiger partial charge < -0.3 is 16.0 Å². The van der Waals surface area contributed by atoms with Gasteiger partial charge in [-0.1, -0.05) is 12.8 Å². The number of benzene rings is 1. The molecular weight excluding hydrogens is 449 g/mol. The zero-order valence-electron chi connectivity index (χ0n) is 20.2. The van der Waals surface area contributed by atoms with Gasteiger partial charge in [0.25, 0.3) is 5.91 Å². The summed E-state index contributed by atoms with van der Waals surface area (Å²) in [4.78, 5) is 44.9. The average Bonchev–Trinajstić information content (AvgIpc) is 3.37. The summed E-state index contributed by atoms with van der Waals surface area (Å²) in [5.41, 5.74) is 7.42. The van der Waals surface area contributed by atoms with Gasteiger partial charge in [0.05, 0.1) is 5.56 Å². The minimum absolute atomic E-state index is 0.0945. The van der Waals surface area contributed by atoms with Gasteiger partial charge in [0, 0.05) is 50.0 Å². The van der Waals surface area contributed by atoms with E-state index in [0.29, 0.717) is 25.3 Å². The van der Waals surface area contributed by atoms with Gasteiger partial charge in [-0.05, 0) is 62.1 Å². The third kappa shape index (κ3) is 5.67. The molecule has 2 fully saturated rings. The highest BCUT2D eigenvalue weighted by Gasteiger charge is 2.33. The Morgan fingerprint density at radius 1 is 1.17 bits per heavy atom. The number of carbonyl (C=O) groups excluding carboxylic acids is 3. The summed E-state index contributed by atoms with van der Waals surface area (Å²) in [7, 11) is 0. The van der Waals surface area contributed by atoms with Crippen LogP contribution in [0.4, 0.5) is 10.1 Å². The van der Waals surface area contributed by atoms with E-state index in [4.69, 9.17) is 5.73 Å². The van der Waals surface area contributed by atoms with Crippen molar-refractivity contribution in [2.75, 3.05) is 25.0 Å². The highest BCUT2D eigenvalue weighted by Crippen LogP contribution is 2.29. The molecule has 1 saturated heterocycles. The first-order chi connectivity index (χ1) is 16.7. The maximum Gasteiger partial charge on any atom is 0.274 e. The van der Waals surface area contributed by atoms with Gasteiger partial charge in [0.1, 0.15) is 11.5 Å². The Morgan fingerprint density at radius 2 is 1.91 bits per heavy atom. The van der Waals surface area contributed by atoms with Gasteiger partial charge in [-0.3, -0.25) is 24.3 Å². The first-order valence-electron chi connectivity index (χ1n) is 12.1. The quantitative estimate of drug-likeness (QED) is 0.659. The van der Waals surface area contributed by atoms with Crippen molar-refractivity contribution in [1.29, 1.82) is 0 Å². The lowest BCUT2D eigenvalue weighted by atomic mass is 10.0. The molecular formula is C26H32FN5O3. The van der Waals surface area contributed by atoms with Crippen molar-refractivity contribution in [3.05, 3.63) is 58.7 Å². The van der Waals surface area contributed by atoms with Crippen molar-refractivity contribution in [2.24, 2.45) is 11.7 Å². The van der Waals surface area contributed by atoms with E-state index >= 15 is 0 Å². The number of nitrogens with one attached hydrogen (secondary N) is 1. The number of aromatic nitrogens is 1. The van der Waals surface area contributed by atoms with Crippen LogP contribution in [0.25, 0.3) is 0 Å². The number of hydrogen-bond donors (Lipinski definition) is 2. The predicted molar refractivity (Wildman–Crippen MR) is 130 cm³/mol. The van der Waals surface area contributed by atoms with E-state index in [1.54, 1.807) is 0 Å². The first-order valence-corrected chi connectivity index (χ1v) is 12.1. The number of pyridine rings is 1. The second-order valence-corrected chi connectivity index (χ2v) is 9.59. The van der Waals surface area contributed by atoms with Crippen LogP contribution in [-0.2, 0) is 11.3 Å². The maximum absolute atomic E-state index is 14.5. The van der Waals surface area contributed by atoms with Crippen LogP contribution in [-0.4, -0.2) is 58.2 Å².